The lowest BCUT2D eigenvalue weighted by Gasteiger charge is -2.34. The third-order valence-electron chi connectivity index (χ3n) is 4.49. The number of rotatable bonds is 7. The van der Waals surface area contributed by atoms with Gasteiger partial charge in [-0.1, -0.05) is 0 Å². The van der Waals surface area contributed by atoms with E-state index in [2.05, 4.69) is 20.5 Å². The van der Waals surface area contributed by atoms with Gasteiger partial charge >= 0.3 is 0 Å². The van der Waals surface area contributed by atoms with Crippen LogP contribution in [0.4, 0.5) is 5.69 Å². The van der Waals surface area contributed by atoms with Crippen LogP contribution in [0.25, 0.3) is 0 Å². The number of halogens is 1. The van der Waals surface area contributed by atoms with Crippen LogP contribution in [0.2, 0.25) is 0 Å². The first kappa shape index (κ1) is 24.3. The highest BCUT2D eigenvalue weighted by Gasteiger charge is 2.18. The second kappa shape index (κ2) is 12.7. The summed E-state index contributed by atoms with van der Waals surface area (Å²) in [7, 11) is 3.37. The van der Waals surface area contributed by atoms with E-state index in [4.69, 9.17) is 9.47 Å². The quantitative estimate of drug-likeness (QED) is 0.335. The molecule has 0 radical (unpaired) electrons. The van der Waals surface area contributed by atoms with Crippen LogP contribution in [0.1, 0.15) is 13.8 Å². The van der Waals surface area contributed by atoms with Gasteiger partial charge < -0.3 is 25.0 Å². The van der Waals surface area contributed by atoms with E-state index in [1.165, 1.54) is 0 Å². The van der Waals surface area contributed by atoms with Crippen molar-refractivity contribution >= 4 is 41.5 Å². The second-order valence-corrected chi connectivity index (χ2v) is 6.27. The molecule has 1 aromatic rings. The number of carbonyl (C=O) groups is 1. The molecule has 2 N–H and O–H groups in total. The van der Waals surface area contributed by atoms with Crippen LogP contribution in [0.5, 0.6) is 11.5 Å². The minimum Gasteiger partial charge on any atom is -0.493 e. The summed E-state index contributed by atoms with van der Waals surface area (Å²) in [5.41, 5.74) is 0.877. The Kier molecular flexibility index (Phi) is 11.0. The standard InChI is InChI=1S/C19H31N5O3.HI/c1-5-27-18-14-16(6-7-17(18)26-4)22-19(20-3)21-8-9-23-10-12-24(13-11-23)15(2)25;/h6-7,14H,5,8-13H2,1-4H3,(H2,20,21,22);1H. The number of benzene rings is 1. The van der Waals surface area contributed by atoms with Crippen molar-refractivity contribution in [2.24, 2.45) is 4.99 Å². The molecule has 0 bridgehead atoms. The molecule has 9 heteroatoms. The molecular weight excluding hydrogens is 473 g/mol. The van der Waals surface area contributed by atoms with Gasteiger partial charge in [-0.15, -0.1) is 24.0 Å². The van der Waals surface area contributed by atoms with E-state index in [0.717, 1.165) is 45.0 Å². The number of nitrogens with zero attached hydrogens (tertiary/aromatic N) is 3. The van der Waals surface area contributed by atoms with Crippen molar-refractivity contribution < 1.29 is 14.3 Å². The van der Waals surface area contributed by atoms with Crippen LogP contribution in [0.15, 0.2) is 23.2 Å². The number of aliphatic imine (C=N–C) groups is 1. The third-order valence-corrected chi connectivity index (χ3v) is 4.49. The zero-order valence-electron chi connectivity index (χ0n) is 17.2. The second-order valence-electron chi connectivity index (χ2n) is 6.27. The largest absolute Gasteiger partial charge is 0.493 e. The minimum absolute atomic E-state index is 0. The Labute approximate surface area is 184 Å². The summed E-state index contributed by atoms with van der Waals surface area (Å²) in [6.45, 7) is 9.23. The number of piperazine rings is 1. The van der Waals surface area contributed by atoms with Crippen LogP contribution in [0, 0.1) is 0 Å². The van der Waals surface area contributed by atoms with Gasteiger partial charge in [0.1, 0.15) is 0 Å². The molecular formula is C19H32IN5O3. The van der Waals surface area contributed by atoms with Gasteiger partial charge in [-0.3, -0.25) is 14.7 Å². The molecule has 1 amide bonds. The summed E-state index contributed by atoms with van der Waals surface area (Å²) in [5, 5.41) is 6.59. The summed E-state index contributed by atoms with van der Waals surface area (Å²) < 4.78 is 10.9. The summed E-state index contributed by atoms with van der Waals surface area (Å²) >= 11 is 0. The smallest absolute Gasteiger partial charge is 0.219 e. The molecule has 0 aromatic heterocycles. The first-order valence-electron chi connectivity index (χ1n) is 9.33. The van der Waals surface area contributed by atoms with Gasteiger partial charge in [-0.2, -0.15) is 0 Å². The highest BCUT2D eigenvalue weighted by molar-refractivity contribution is 14.0. The van der Waals surface area contributed by atoms with Gasteiger partial charge in [0.25, 0.3) is 0 Å². The fourth-order valence-electron chi connectivity index (χ4n) is 2.96. The topological polar surface area (TPSA) is 78.4 Å². The molecule has 1 saturated heterocycles. The van der Waals surface area contributed by atoms with E-state index >= 15 is 0 Å². The number of hydrogen-bond acceptors (Lipinski definition) is 5. The van der Waals surface area contributed by atoms with Crippen molar-refractivity contribution in [3.05, 3.63) is 18.2 Å². The Morgan fingerprint density at radius 2 is 1.93 bits per heavy atom. The van der Waals surface area contributed by atoms with Crippen molar-refractivity contribution in [1.29, 1.82) is 0 Å². The predicted octanol–water partition coefficient (Wildman–Crippen LogP) is 1.86. The Morgan fingerprint density at radius 3 is 2.50 bits per heavy atom. The third kappa shape index (κ3) is 7.34. The molecule has 1 aromatic carbocycles. The molecule has 8 nitrogen and oxygen atoms in total. The Hall–Kier alpha value is -1.75. The van der Waals surface area contributed by atoms with Crippen LogP contribution in [0.3, 0.4) is 0 Å². The summed E-state index contributed by atoms with van der Waals surface area (Å²) in [5.74, 6) is 2.26. The van der Waals surface area contributed by atoms with Gasteiger partial charge in [-0.05, 0) is 19.1 Å². The number of carbonyl (C=O) groups excluding carboxylic acids is 1. The monoisotopic (exact) mass is 505 g/mol. The van der Waals surface area contributed by atoms with E-state index in [9.17, 15) is 4.79 Å². The van der Waals surface area contributed by atoms with Crippen molar-refractivity contribution in [3.63, 3.8) is 0 Å². The molecule has 1 heterocycles. The maximum absolute atomic E-state index is 11.4. The van der Waals surface area contributed by atoms with Gasteiger partial charge in [0.15, 0.2) is 17.5 Å². The molecule has 0 aliphatic carbocycles. The van der Waals surface area contributed by atoms with Crippen LogP contribution < -0.4 is 20.1 Å². The van der Waals surface area contributed by atoms with Gasteiger partial charge in [-0.25, -0.2) is 0 Å². The molecule has 158 valence electrons. The van der Waals surface area contributed by atoms with Crippen molar-refractivity contribution in [2.45, 2.75) is 13.8 Å². The minimum atomic E-state index is 0. The Balaban J connectivity index is 0.00000392. The zero-order chi connectivity index (χ0) is 19.6. The Morgan fingerprint density at radius 1 is 1.21 bits per heavy atom. The molecule has 0 saturated carbocycles. The highest BCUT2D eigenvalue weighted by Crippen LogP contribution is 2.30. The lowest BCUT2D eigenvalue weighted by atomic mass is 10.2. The van der Waals surface area contributed by atoms with Gasteiger partial charge in [0, 0.05) is 65.0 Å². The maximum atomic E-state index is 11.4. The van der Waals surface area contributed by atoms with E-state index in [0.29, 0.717) is 24.1 Å². The van der Waals surface area contributed by atoms with E-state index in [-0.39, 0.29) is 29.9 Å². The van der Waals surface area contributed by atoms with E-state index in [1.54, 1.807) is 21.1 Å². The molecule has 0 spiro atoms. The lowest BCUT2D eigenvalue weighted by molar-refractivity contribution is -0.130. The van der Waals surface area contributed by atoms with Gasteiger partial charge in [0.05, 0.1) is 13.7 Å². The summed E-state index contributed by atoms with van der Waals surface area (Å²) in [6, 6.07) is 5.69. The number of nitrogens with one attached hydrogen (secondary N) is 2. The number of hydrogen-bond donors (Lipinski definition) is 2. The average Bonchev–Trinajstić information content (AvgIpc) is 2.68. The SMILES string of the molecule is CCOc1cc(NC(=NC)NCCN2CCN(C(C)=O)CC2)ccc1OC.I. The van der Waals surface area contributed by atoms with E-state index < -0.39 is 0 Å². The Bertz CT molecular complexity index is 648. The first-order chi connectivity index (χ1) is 13.1. The number of ether oxygens (including phenoxy) is 2. The van der Waals surface area contributed by atoms with E-state index in [1.807, 2.05) is 30.0 Å². The number of anilines is 1. The van der Waals surface area contributed by atoms with Crippen molar-refractivity contribution in [1.82, 2.24) is 15.1 Å². The zero-order valence-corrected chi connectivity index (χ0v) is 19.5. The fraction of sp³-hybridized carbons (Fsp3) is 0.579. The molecule has 0 atom stereocenters. The lowest BCUT2D eigenvalue weighted by Crippen LogP contribution is -2.50. The normalized spacial score (nSPS) is 14.9. The van der Waals surface area contributed by atoms with Crippen LogP contribution in [-0.4, -0.2) is 81.7 Å². The fourth-order valence-corrected chi connectivity index (χ4v) is 2.96. The van der Waals surface area contributed by atoms with Crippen LogP contribution in [-0.2, 0) is 4.79 Å². The predicted molar refractivity (Wildman–Crippen MR) is 123 cm³/mol. The molecule has 1 aliphatic heterocycles. The van der Waals surface area contributed by atoms with Crippen molar-refractivity contribution in [3.8, 4) is 11.5 Å². The maximum Gasteiger partial charge on any atom is 0.219 e. The molecule has 2 rings (SSSR count). The number of amides is 1. The number of methoxy groups -OCH3 is 1. The highest BCUT2D eigenvalue weighted by atomic mass is 127. The molecule has 1 aliphatic rings. The molecule has 28 heavy (non-hydrogen) atoms. The van der Waals surface area contributed by atoms with Crippen molar-refractivity contribution in [2.75, 3.05) is 65.3 Å². The summed E-state index contributed by atoms with van der Waals surface area (Å²) in [4.78, 5) is 19.9. The summed E-state index contributed by atoms with van der Waals surface area (Å²) in [6.07, 6.45) is 0. The van der Waals surface area contributed by atoms with Crippen LogP contribution >= 0.6 is 24.0 Å². The van der Waals surface area contributed by atoms with Gasteiger partial charge in [0.2, 0.25) is 5.91 Å². The molecule has 1 fully saturated rings. The number of guanidine groups is 1. The molecule has 0 unspecified atom stereocenters. The first-order valence-corrected chi connectivity index (χ1v) is 9.33. The average molecular weight is 505 g/mol.